The van der Waals surface area contributed by atoms with Crippen LogP contribution < -0.4 is 10.2 Å². The summed E-state index contributed by atoms with van der Waals surface area (Å²) in [5.74, 6) is -1.07. The number of benzene rings is 1. The summed E-state index contributed by atoms with van der Waals surface area (Å²) in [6.45, 7) is 2.80. The average Bonchev–Trinajstić information content (AvgIpc) is 2.41. The van der Waals surface area contributed by atoms with E-state index >= 15 is 0 Å². The van der Waals surface area contributed by atoms with E-state index in [0.29, 0.717) is 25.4 Å². The molecule has 0 bridgehead atoms. The minimum absolute atomic E-state index is 0.343. The molecule has 2 amide bonds. The van der Waals surface area contributed by atoms with Gasteiger partial charge < -0.3 is 15.2 Å². The van der Waals surface area contributed by atoms with E-state index in [1.54, 1.807) is 30.3 Å². The smallest absolute Gasteiger partial charge is 0.323 e. The van der Waals surface area contributed by atoms with Gasteiger partial charge in [-0.1, -0.05) is 18.2 Å². The van der Waals surface area contributed by atoms with Crippen molar-refractivity contribution in [3.63, 3.8) is 0 Å². The zero-order valence-electron chi connectivity index (χ0n) is 10.8. The highest BCUT2D eigenvalue weighted by Crippen LogP contribution is 2.12. The summed E-state index contributed by atoms with van der Waals surface area (Å²) in [5, 5.41) is 11.5. The second-order valence-corrected chi connectivity index (χ2v) is 3.74. The number of amides is 2. The maximum atomic E-state index is 11.9. The van der Waals surface area contributed by atoms with Gasteiger partial charge in [-0.3, -0.25) is 9.69 Å². The largest absolute Gasteiger partial charge is 0.480 e. The molecule has 0 aliphatic carbocycles. The highest BCUT2D eigenvalue weighted by Gasteiger charge is 2.17. The van der Waals surface area contributed by atoms with Crippen LogP contribution in [0.2, 0.25) is 0 Å². The van der Waals surface area contributed by atoms with Gasteiger partial charge in [0.25, 0.3) is 0 Å². The van der Waals surface area contributed by atoms with Crippen LogP contribution in [0.4, 0.5) is 10.5 Å². The number of aliphatic carboxylic acids is 1. The van der Waals surface area contributed by atoms with E-state index in [-0.39, 0.29) is 6.54 Å². The lowest BCUT2D eigenvalue weighted by Crippen LogP contribution is -2.44. The van der Waals surface area contributed by atoms with E-state index in [1.807, 2.05) is 6.92 Å². The molecule has 104 valence electrons. The van der Waals surface area contributed by atoms with Gasteiger partial charge in [0, 0.05) is 18.8 Å². The Balaban J connectivity index is 2.63. The molecule has 1 rings (SSSR count). The first-order valence-electron chi connectivity index (χ1n) is 6.05. The molecule has 2 N–H and O–H groups in total. The summed E-state index contributed by atoms with van der Waals surface area (Å²) >= 11 is 0. The Labute approximate surface area is 112 Å². The highest BCUT2D eigenvalue weighted by molar-refractivity contribution is 5.96. The fourth-order valence-corrected chi connectivity index (χ4v) is 1.49. The molecule has 0 aliphatic heterocycles. The molecule has 0 saturated carbocycles. The molecular formula is C13H18N2O4. The zero-order valence-corrected chi connectivity index (χ0v) is 10.8. The molecule has 0 unspecified atom stereocenters. The maximum absolute atomic E-state index is 11.9. The van der Waals surface area contributed by atoms with Crippen LogP contribution >= 0.6 is 0 Å². The second-order valence-electron chi connectivity index (χ2n) is 3.74. The van der Waals surface area contributed by atoms with Gasteiger partial charge in [0.05, 0.1) is 6.61 Å². The van der Waals surface area contributed by atoms with E-state index in [0.717, 1.165) is 0 Å². The Kier molecular flexibility index (Phi) is 6.38. The fourth-order valence-electron chi connectivity index (χ4n) is 1.49. The van der Waals surface area contributed by atoms with Gasteiger partial charge >= 0.3 is 12.0 Å². The number of anilines is 1. The predicted molar refractivity (Wildman–Crippen MR) is 71.3 cm³/mol. The second kappa shape index (κ2) is 8.10. The number of hydrogen-bond donors (Lipinski definition) is 2. The van der Waals surface area contributed by atoms with Crippen molar-refractivity contribution in [3.05, 3.63) is 30.3 Å². The van der Waals surface area contributed by atoms with Crippen molar-refractivity contribution in [2.24, 2.45) is 0 Å². The van der Waals surface area contributed by atoms with Crippen molar-refractivity contribution in [2.45, 2.75) is 6.92 Å². The molecule has 0 atom stereocenters. The Morgan fingerprint density at radius 3 is 2.58 bits per heavy atom. The Bertz CT molecular complexity index is 408. The molecule has 1 aromatic carbocycles. The average molecular weight is 266 g/mol. The molecule has 0 fully saturated rings. The summed E-state index contributed by atoms with van der Waals surface area (Å²) in [6.07, 6.45) is 0. The number of ether oxygens (including phenoxy) is 1. The third kappa shape index (κ3) is 5.39. The highest BCUT2D eigenvalue weighted by atomic mass is 16.5. The number of hydrogen-bond acceptors (Lipinski definition) is 3. The molecule has 0 radical (unpaired) electrons. The van der Waals surface area contributed by atoms with E-state index in [9.17, 15) is 9.59 Å². The van der Waals surface area contributed by atoms with E-state index in [4.69, 9.17) is 9.84 Å². The number of carboxylic acids is 1. The molecule has 0 saturated heterocycles. The first-order valence-corrected chi connectivity index (χ1v) is 6.05. The number of carboxylic acid groups (broad SMARTS) is 1. The van der Waals surface area contributed by atoms with Crippen molar-refractivity contribution < 1.29 is 19.4 Å². The summed E-state index contributed by atoms with van der Waals surface area (Å²) in [5.41, 5.74) is 0.541. The van der Waals surface area contributed by atoms with E-state index in [2.05, 4.69) is 5.32 Å². The Morgan fingerprint density at radius 2 is 2.00 bits per heavy atom. The summed E-state index contributed by atoms with van der Waals surface area (Å²) in [6, 6.07) is 8.22. The van der Waals surface area contributed by atoms with Crippen LogP contribution in [0.3, 0.4) is 0 Å². The third-order valence-electron chi connectivity index (χ3n) is 2.33. The topological polar surface area (TPSA) is 78.9 Å². The standard InChI is InChI=1S/C13H18N2O4/c1-2-19-9-8-14-13(18)15(10-12(16)17)11-6-4-3-5-7-11/h3-7H,2,8-10H2,1H3,(H,14,18)(H,16,17). The predicted octanol–water partition coefficient (Wildman–Crippen LogP) is 1.32. The van der Waals surface area contributed by atoms with Crippen molar-refractivity contribution >= 4 is 17.7 Å². The van der Waals surface area contributed by atoms with Crippen molar-refractivity contribution in [2.75, 3.05) is 31.2 Å². The van der Waals surface area contributed by atoms with Crippen molar-refractivity contribution in [1.82, 2.24) is 5.32 Å². The van der Waals surface area contributed by atoms with Gasteiger partial charge in [-0.15, -0.1) is 0 Å². The van der Waals surface area contributed by atoms with Gasteiger partial charge in [0.1, 0.15) is 6.54 Å². The van der Waals surface area contributed by atoms with Gasteiger partial charge in [0.15, 0.2) is 0 Å². The summed E-state index contributed by atoms with van der Waals surface area (Å²) < 4.78 is 5.10. The number of nitrogens with zero attached hydrogens (tertiary/aromatic N) is 1. The van der Waals surface area contributed by atoms with Gasteiger partial charge in [-0.2, -0.15) is 0 Å². The summed E-state index contributed by atoms with van der Waals surface area (Å²) in [7, 11) is 0. The first kappa shape index (κ1) is 15.0. The minimum Gasteiger partial charge on any atom is -0.480 e. The maximum Gasteiger partial charge on any atom is 0.323 e. The van der Waals surface area contributed by atoms with Gasteiger partial charge in [-0.05, 0) is 19.1 Å². The van der Waals surface area contributed by atoms with Crippen molar-refractivity contribution in [3.8, 4) is 0 Å². The fraction of sp³-hybridized carbons (Fsp3) is 0.385. The van der Waals surface area contributed by atoms with Gasteiger partial charge in [-0.25, -0.2) is 4.79 Å². The number of nitrogens with one attached hydrogen (secondary N) is 1. The van der Waals surface area contributed by atoms with Crippen LogP contribution in [0.15, 0.2) is 30.3 Å². The monoisotopic (exact) mass is 266 g/mol. The van der Waals surface area contributed by atoms with Crippen LogP contribution in [0.5, 0.6) is 0 Å². The van der Waals surface area contributed by atoms with Crippen molar-refractivity contribution in [1.29, 1.82) is 0 Å². The quantitative estimate of drug-likeness (QED) is 0.730. The SMILES string of the molecule is CCOCCNC(=O)N(CC(=O)O)c1ccccc1. The van der Waals surface area contributed by atoms with E-state index < -0.39 is 12.0 Å². The van der Waals surface area contributed by atoms with Gasteiger partial charge in [0.2, 0.25) is 0 Å². The van der Waals surface area contributed by atoms with E-state index in [1.165, 1.54) is 4.90 Å². The lowest BCUT2D eigenvalue weighted by atomic mass is 10.3. The number of urea groups is 1. The van der Waals surface area contributed by atoms with Crippen LogP contribution in [-0.4, -0.2) is 43.4 Å². The molecule has 0 spiro atoms. The molecule has 19 heavy (non-hydrogen) atoms. The van der Waals surface area contributed by atoms with Crippen LogP contribution in [0.25, 0.3) is 0 Å². The van der Waals surface area contributed by atoms with Crippen LogP contribution in [0.1, 0.15) is 6.92 Å². The molecule has 0 aliphatic rings. The molecule has 6 nitrogen and oxygen atoms in total. The van der Waals surface area contributed by atoms with Crippen LogP contribution in [-0.2, 0) is 9.53 Å². The summed E-state index contributed by atoms with van der Waals surface area (Å²) in [4.78, 5) is 23.9. The lowest BCUT2D eigenvalue weighted by molar-refractivity contribution is -0.135. The zero-order chi connectivity index (χ0) is 14.1. The molecule has 6 heteroatoms. The molecule has 0 heterocycles. The number of carbonyl (C=O) groups is 2. The number of para-hydroxylation sites is 1. The first-order chi connectivity index (χ1) is 9.15. The molecule has 0 aromatic heterocycles. The normalized spacial score (nSPS) is 9.95. The Morgan fingerprint density at radius 1 is 1.32 bits per heavy atom. The molecule has 1 aromatic rings. The lowest BCUT2D eigenvalue weighted by Gasteiger charge is -2.21. The Hall–Kier alpha value is -2.08. The van der Waals surface area contributed by atoms with Crippen LogP contribution in [0, 0.1) is 0 Å². The number of carbonyl (C=O) groups excluding carboxylic acids is 1. The molecular weight excluding hydrogens is 248 g/mol. The minimum atomic E-state index is -1.07. The number of rotatable bonds is 7. The third-order valence-corrected chi connectivity index (χ3v) is 2.33.